The molecule has 0 fully saturated rings. The van der Waals surface area contributed by atoms with Crippen molar-refractivity contribution in [1.29, 1.82) is 0 Å². The predicted molar refractivity (Wildman–Crippen MR) is 108 cm³/mol. The van der Waals surface area contributed by atoms with Crippen molar-refractivity contribution in [2.75, 3.05) is 10.6 Å². The molecule has 3 amide bonds. The number of nitrogens with one attached hydrogen (secondary N) is 3. The molecule has 0 unspecified atom stereocenters. The summed E-state index contributed by atoms with van der Waals surface area (Å²) in [5.74, 6) is -0.982. The van der Waals surface area contributed by atoms with E-state index in [0.717, 1.165) is 5.69 Å². The van der Waals surface area contributed by atoms with Gasteiger partial charge in [-0.15, -0.1) is 0 Å². The Morgan fingerprint density at radius 1 is 0.862 bits per heavy atom. The van der Waals surface area contributed by atoms with E-state index in [0.29, 0.717) is 11.4 Å². The number of nitrogens with zero attached hydrogens (tertiary/aromatic N) is 2. The van der Waals surface area contributed by atoms with Crippen LogP contribution in [0.4, 0.5) is 11.4 Å². The molecule has 0 saturated heterocycles. The maximum absolute atomic E-state index is 12.5. The van der Waals surface area contributed by atoms with E-state index < -0.39 is 5.91 Å². The van der Waals surface area contributed by atoms with Crippen LogP contribution in [0, 0.1) is 0 Å². The first kappa shape index (κ1) is 19.7. The molecule has 8 nitrogen and oxygen atoms in total. The third-order valence-electron chi connectivity index (χ3n) is 3.86. The van der Waals surface area contributed by atoms with Crippen LogP contribution in [0.25, 0.3) is 0 Å². The van der Waals surface area contributed by atoms with Gasteiger partial charge in [0.15, 0.2) is 0 Å². The average Bonchev–Trinajstić information content (AvgIpc) is 2.72. The van der Waals surface area contributed by atoms with Crippen LogP contribution in [0.15, 0.2) is 67.1 Å². The molecule has 2 aromatic heterocycles. The Morgan fingerprint density at radius 2 is 1.59 bits per heavy atom. The van der Waals surface area contributed by atoms with Crippen LogP contribution in [0.3, 0.4) is 0 Å². The normalized spacial score (nSPS) is 10.1. The molecule has 0 aliphatic rings. The summed E-state index contributed by atoms with van der Waals surface area (Å²) in [4.78, 5) is 44.2. The highest BCUT2D eigenvalue weighted by molar-refractivity contribution is 6.06. The van der Waals surface area contributed by atoms with E-state index in [1.807, 2.05) is 6.07 Å². The second kappa shape index (κ2) is 9.23. The largest absolute Gasteiger partial charge is 0.346 e. The zero-order valence-corrected chi connectivity index (χ0v) is 15.7. The van der Waals surface area contributed by atoms with Gasteiger partial charge in [0.1, 0.15) is 0 Å². The van der Waals surface area contributed by atoms with Gasteiger partial charge in [0, 0.05) is 36.9 Å². The van der Waals surface area contributed by atoms with Crippen molar-refractivity contribution in [3.8, 4) is 0 Å². The summed E-state index contributed by atoms with van der Waals surface area (Å²) < 4.78 is 0. The number of benzene rings is 1. The molecule has 0 radical (unpaired) electrons. The van der Waals surface area contributed by atoms with Gasteiger partial charge < -0.3 is 16.0 Å². The number of carbonyl (C=O) groups is 3. The van der Waals surface area contributed by atoms with Crippen molar-refractivity contribution >= 4 is 29.1 Å². The quantitative estimate of drug-likeness (QED) is 0.600. The fourth-order valence-electron chi connectivity index (χ4n) is 2.55. The second-order valence-electron chi connectivity index (χ2n) is 6.18. The van der Waals surface area contributed by atoms with E-state index in [2.05, 4.69) is 25.9 Å². The highest BCUT2D eigenvalue weighted by Crippen LogP contribution is 2.16. The fourth-order valence-corrected chi connectivity index (χ4v) is 2.55. The molecular weight excluding hydrogens is 370 g/mol. The molecular formula is C21H19N5O3. The van der Waals surface area contributed by atoms with Crippen molar-refractivity contribution in [2.24, 2.45) is 0 Å². The number of rotatable bonds is 6. The molecule has 29 heavy (non-hydrogen) atoms. The SMILES string of the molecule is CC(=O)Nc1cccc(NC(=O)c2cncc(C(=O)NCc3ccccn3)c2)c1. The standard InChI is InChI=1S/C21H19N5O3/c1-14(27)25-17-6-4-7-18(10-17)26-21(29)16-9-15(11-22-12-16)20(28)24-13-19-5-2-3-8-23-19/h2-12H,13H2,1H3,(H,24,28)(H,25,27)(H,26,29). The topological polar surface area (TPSA) is 113 Å². The van der Waals surface area contributed by atoms with Gasteiger partial charge in [0.25, 0.3) is 11.8 Å². The van der Waals surface area contributed by atoms with Crippen LogP contribution in [0.2, 0.25) is 0 Å². The molecule has 8 heteroatoms. The maximum atomic E-state index is 12.5. The molecule has 146 valence electrons. The number of carbonyl (C=O) groups excluding carboxylic acids is 3. The van der Waals surface area contributed by atoms with E-state index in [-0.39, 0.29) is 29.5 Å². The first-order valence-electron chi connectivity index (χ1n) is 8.83. The van der Waals surface area contributed by atoms with Gasteiger partial charge in [-0.2, -0.15) is 0 Å². The zero-order valence-electron chi connectivity index (χ0n) is 15.7. The monoisotopic (exact) mass is 389 g/mol. The number of amides is 3. The number of aromatic nitrogens is 2. The van der Waals surface area contributed by atoms with Crippen molar-refractivity contribution < 1.29 is 14.4 Å². The fraction of sp³-hybridized carbons (Fsp3) is 0.0952. The maximum Gasteiger partial charge on any atom is 0.257 e. The Kier molecular flexibility index (Phi) is 6.26. The zero-order chi connectivity index (χ0) is 20.6. The third-order valence-corrected chi connectivity index (χ3v) is 3.86. The first-order chi connectivity index (χ1) is 14.0. The summed E-state index contributed by atoms with van der Waals surface area (Å²) in [6, 6.07) is 13.7. The van der Waals surface area contributed by atoms with Crippen LogP contribution in [-0.2, 0) is 11.3 Å². The molecule has 0 spiro atoms. The van der Waals surface area contributed by atoms with Gasteiger partial charge in [-0.05, 0) is 36.4 Å². The van der Waals surface area contributed by atoms with Crippen LogP contribution in [0.1, 0.15) is 33.3 Å². The Labute approximate surface area is 167 Å². The minimum Gasteiger partial charge on any atom is -0.346 e. The van der Waals surface area contributed by atoms with Crippen molar-refractivity contribution in [2.45, 2.75) is 13.5 Å². The van der Waals surface area contributed by atoms with E-state index in [1.54, 1.807) is 42.6 Å². The summed E-state index contributed by atoms with van der Waals surface area (Å²) in [5.41, 5.74) is 2.30. The van der Waals surface area contributed by atoms with Crippen molar-refractivity contribution in [3.05, 3.63) is 83.9 Å². The summed E-state index contributed by atoms with van der Waals surface area (Å²) in [5, 5.41) is 8.12. The molecule has 0 aliphatic heterocycles. The Morgan fingerprint density at radius 3 is 2.28 bits per heavy atom. The van der Waals surface area contributed by atoms with Gasteiger partial charge >= 0.3 is 0 Å². The molecule has 3 aromatic rings. The molecule has 3 N–H and O–H groups in total. The van der Waals surface area contributed by atoms with Crippen LogP contribution in [-0.4, -0.2) is 27.7 Å². The van der Waals surface area contributed by atoms with Crippen LogP contribution >= 0.6 is 0 Å². The lowest BCUT2D eigenvalue weighted by Crippen LogP contribution is -2.24. The van der Waals surface area contributed by atoms with Crippen LogP contribution < -0.4 is 16.0 Å². The lowest BCUT2D eigenvalue weighted by atomic mass is 10.1. The molecule has 2 heterocycles. The van der Waals surface area contributed by atoms with Gasteiger partial charge in [-0.1, -0.05) is 12.1 Å². The van der Waals surface area contributed by atoms with E-state index in [9.17, 15) is 14.4 Å². The van der Waals surface area contributed by atoms with E-state index in [1.165, 1.54) is 25.4 Å². The van der Waals surface area contributed by atoms with Crippen molar-refractivity contribution in [1.82, 2.24) is 15.3 Å². The summed E-state index contributed by atoms with van der Waals surface area (Å²) in [6.07, 6.45) is 4.42. The Bertz CT molecular complexity index is 1040. The summed E-state index contributed by atoms with van der Waals surface area (Å²) in [6.45, 7) is 1.67. The van der Waals surface area contributed by atoms with E-state index >= 15 is 0 Å². The molecule has 0 bridgehead atoms. The lowest BCUT2D eigenvalue weighted by Gasteiger charge is -2.09. The van der Waals surface area contributed by atoms with Gasteiger partial charge in [0.05, 0.1) is 23.4 Å². The van der Waals surface area contributed by atoms with Crippen LogP contribution in [0.5, 0.6) is 0 Å². The molecule has 0 saturated carbocycles. The van der Waals surface area contributed by atoms with Gasteiger partial charge in [0.2, 0.25) is 5.91 Å². The lowest BCUT2D eigenvalue weighted by molar-refractivity contribution is -0.114. The smallest absolute Gasteiger partial charge is 0.257 e. The summed E-state index contributed by atoms with van der Waals surface area (Å²) >= 11 is 0. The third kappa shape index (κ3) is 5.70. The molecule has 3 rings (SSSR count). The molecule has 1 aromatic carbocycles. The number of anilines is 2. The molecule has 0 atom stereocenters. The minimum absolute atomic E-state index is 0.206. The highest BCUT2D eigenvalue weighted by Gasteiger charge is 2.12. The van der Waals surface area contributed by atoms with Crippen molar-refractivity contribution in [3.63, 3.8) is 0 Å². The first-order valence-corrected chi connectivity index (χ1v) is 8.83. The number of hydrogen-bond acceptors (Lipinski definition) is 5. The Hall–Kier alpha value is -4.07. The van der Waals surface area contributed by atoms with Gasteiger partial charge in [-0.3, -0.25) is 24.4 Å². The average molecular weight is 389 g/mol. The summed E-state index contributed by atoms with van der Waals surface area (Å²) in [7, 11) is 0. The van der Waals surface area contributed by atoms with E-state index in [4.69, 9.17) is 0 Å². The number of hydrogen-bond donors (Lipinski definition) is 3. The number of pyridine rings is 2. The minimum atomic E-state index is -0.420. The Balaban J connectivity index is 1.66. The highest BCUT2D eigenvalue weighted by atomic mass is 16.2. The molecule has 0 aliphatic carbocycles. The predicted octanol–water partition coefficient (Wildman–Crippen LogP) is 2.62. The van der Waals surface area contributed by atoms with Gasteiger partial charge in [-0.25, -0.2) is 0 Å². The second-order valence-corrected chi connectivity index (χ2v) is 6.18.